The van der Waals surface area contributed by atoms with Crippen molar-refractivity contribution in [3.8, 4) is 16.3 Å². The zero-order chi connectivity index (χ0) is 14.7. The second kappa shape index (κ2) is 6.56. The van der Waals surface area contributed by atoms with E-state index in [1.165, 1.54) is 16.7 Å². The number of aromatic carboxylic acids is 1. The Morgan fingerprint density at radius 3 is 2.90 bits per heavy atom. The topological polar surface area (TPSA) is 59.4 Å². The molecule has 0 aliphatic rings. The average molecular weight is 377 g/mol. The second-order valence-electron chi connectivity index (χ2n) is 3.96. The van der Waals surface area contributed by atoms with Crippen LogP contribution in [-0.4, -0.2) is 22.7 Å². The van der Waals surface area contributed by atoms with Gasteiger partial charge < -0.3 is 9.84 Å². The predicted octanol–water partition coefficient (Wildman–Crippen LogP) is 4.71. The van der Waals surface area contributed by atoms with Crippen LogP contribution in [0.3, 0.4) is 0 Å². The molecule has 0 aliphatic heterocycles. The number of halogens is 2. The van der Waals surface area contributed by atoms with Gasteiger partial charge in [0.25, 0.3) is 0 Å². The van der Waals surface area contributed by atoms with Crippen molar-refractivity contribution in [2.75, 3.05) is 6.61 Å². The molecule has 2 rings (SSSR count). The van der Waals surface area contributed by atoms with Gasteiger partial charge in [-0.25, -0.2) is 9.78 Å². The van der Waals surface area contributed by atoms with Crippen LogP contribution in [0.5, 0.6) is 5.75 Å². The maximum Gasteiger partial charge on any atom is 0.355 e. The highest BCUT2D eigenvalue weighted by Gasteiger charge is 2.17. The van der Waals surface area contributed by atoms with Crippen LogP contribution in [0.2, 0.25) is 5.02 Å². The van der Waals surface area contributed by atoms with E-state index in [1.54, 1.807) is 12.1 Å². The van der Waals surface area contributed by atoms with Gasteiger partial charge in [0.1, 0.15) is 10.8 Å². The molecule has 0 unspecified atom stereocenters. The SMILES string of the molecule is CCCOc1c(Br)cc(Cl)cc1-c1nc(C(=O)O)cs1. The van der Waals surface area contributed by atoms with Crippen LogP contribution in [0, 0.1) is 0 Å². The van der Waals surface area contributed by atoms with E-state index in [0.717, 1.165) is 10.9 Å². The molecule has 0 amide bonds. The maximum atomic E-state index is 10.9. The smallest absolute Gasteiger partial charge is 0.355 e. The standard InChI is InChI=1S/C13H11BrClNO3S/c1-2-3-19-11-8(4-7(15)5-9(11)14)12-16-10(6-20-12)13(17)18/h4-6H,2-3H2,1H3,(H,17,18). The molecule has 2 aromatic rings. The lowest BCUT2D eigenvalue weighted by Crippen LogP contribution is -1.99. The number of carbonyl (C=O) groups is 1. The third-order valence-corrected chi connectivity index (χ3v) is 4.10. The lowest BCUT2D eigenvalue weighted by atomic mass is 10.2. The van der Waals surface area contributed by atoms with Crippen molar-refractivity contribution in [3.05, 3.63) is 32.7 Å². The van der Waals surface area contributed by atoms with Gasteiger partial charge in [-0.15, -0.1) is 11.3 Å². The summed E-state index contributed by atoms with van der Waals surface area (Å²) < 4.78 is 6.43. The van der Waals surface area contributed by atoms with Gasteiger partial charge in [0.05, 0.1) is 16.6 Å². The first kappa shape index (κ1) is 15.3. The van der Waals surface area contributed by atoms with Crippen LogP contribution in [0.25, 0.3) is 10.6 Å². The Balaban J connectivity index is 2.49. The molecular weight excluding hydrogens is 366 g/mol. The lowest BCUT2D eigenvalue weighted by Gasteiger charge is -2.12. The Kier molecular flexibility index (Phi) is 5.01. The fraction of sp³-hybridized carbons (Fsp3) is 0.231. The summed E-state index contributed by atoms with van der Waals surface area (Å²) in [5, 5.41) is 11.5. The van der Waals surface area contributed by atoms with Crippen LogP contribution in [0.4, 0.5) is 0 Å². The van der Waals surface area contributed by atoms with Gasteiger partial charge >= 0.3 is 5.97 Å². The monoisotopic (exact) mass is 375 g/mol. The molecular formula is C13H11BrClNO3S. The summed E-state index contributed by atoms with van der Waals surface area (Å²) in [4.78, 5) is 15.0. The number of benzene rings is 1. The first-order valence-electron chi connectivity index (χ1n) is 5.84. The van der Waals surface area contributed by atoms with Crippen molar-refractivity contribution in [1.82, 2.24) is 4.98 Å². The molecule has 0 bridgehead atoms. The molecule has 1 N–H and O–H groups in total. The molecule has 0 aliphatic carbocycles. The summed E-state index contributed by atoms with van der Waals surface area (Å²) >= 11 is 10.7. The fourth-order valence-corrected chi connectivity index (χ4v) is 3.30. The van der Waals surface area contributed by atoms with Crippen LogP contribution >= 0.6 is 38.9 Å². The van der Waals surface area contributed by atoms with Gasteiger partial charge in [-0.3, -0.25) is 0 Å². The molecule has 1 aromatic carbocycles. The molecule has 0 spiro atoms. The first-order chi connectivity index (χ1) is 9.52. The van der Waals surface area contributed by atoms with E-state index in [0.29, 0.717) is 28.0 Å². The molecule has 1 heterocycles. The van der Waals surface area contributed by atoms with Gasteiger partial charge in [0.2, 0.25) is 0 Å². The van der Waals surface area contributed by atoms with Crippen molar-refractivity contribution in [1.29, 1.82) is 0 Å². The number of carboxylic acid groups (broad SMARTS) is 1. The predicted molar refractivity (Wildman–Crippen MR) is 83.0 cm³/mol. The third kappa shape index (κ3) is 3.31. The lowest BCUT2D eigenvalue weighted by molar-refractivity contribution is 0.0691. The van der Waals surface area contributed by atoms with Crippen molar-refractivity contribution in [3.63, 3.8) is 0 Å². The van der Waals surface area contributed by atoms with Gasteiger partial charge in [-0.05, 0) is 34.5 Å². The minimum atomic E-state index is -1.05. The number of aromatic nitrogens is 1. The molecule has 0 atom stereocenters. The Hall–Kier alpha value is -1.11. The number of thiazole rings is 1. The Morgan fingerprint density at radius 1 is 1.55 bits per heavy atom. The number of carboxylic acids is 1. The van der Waals surface area contributed by atoms with E-state index >= 15 is 0 Å². The second-order valence-corrected chi connectivity index (χ2v) is 6.10. The normalized spacial score (nSPS) is 10.6. The average Bonchev–Trinajstić information content (AvgIpc) is 2.86. The van der Waals surface area contributed by atoms with E-state index in [9.17, 15) is 4.79 Å². The minimum Gasteiger partial charge on any atom is -0.492 e. The highest BCUT2D eigenvalue weighted by molar-refractivity contribution is 9.10. The fourth-order valence-electron chi connectivity index (χ4n) is 1.57. The highest BCUT2D eigenvalue weighted by atomic mass is 79.9. The Bertz CT molecular complexity index is 645. The zero-order valence-corrected chi connectivity index (χ0v) is 13.7. The molecule has 0 saturated carbocycles. The summed E-state index contributed by atoms with van der Waals surface area (Å²) in [6.07, 6.45) is 0.868. The van der Waals surface area contributed by atoms with E-state index in [2.05, 4.69) is 20.9 Å². The molecule has 0 saturated heterocycles. The largest absolute Gasteiger partial charge is 0.492 e. The summed E-state index contributed by atoms with van der Waals surface area (Å²) in [6, 6.07) is 3.46. The number of hydrogen-bond acceptors (Lipinski definition) is 4. The van der Waals surface area contributed by atoms with Gasteiger partial charge in [-0.2, -0.15) is 0 Å². The molecule has 1 aromatic heterocycles. The van der Waals surface area contributed by atoms with E-state index in [-0.39, 0.29) is 5.69 Å². The molecule has 4 nitrogen and oxygen atoms in total. The van der Waals surface area contributed by atoms with Crippen molar-refractivity contribution >= 4 is 44.8 Å². The quantitative estimate of drug-likeness (QED) is 0.820. The van der Waals surface area contributed by atoms with Crippen LogP contribution in [-0.2, 0) is 0 Å². The van der Waals surface area contributed by atoms with Crippen molar-refractivity contribution in [2.24, 2.45) is 0 Å². The summed E-state index contributed by atoms with van der Waals surface area (Å²) in [5.41, 5.74) is 0.706. The third-order valence-electron chi connectivity index (χ3n) is 2.41. The zero-order valence-electron chi connectivity index (χ0n) is 10.5. The number of rotatable bonds is 5. The van der Waals surface area contributed by atoms with Crippen molar-refractivity contribution in [2.45, 2.75) is 13.3 Å². The van der Waals surface area contributed by atoms with E-state index in [1.807, 2.05) is 6.92 Å². The van der Waals surface area contributed by atoms with E-state index < -0.39 is 5.97 Å². The van der Waals surface area contributed by atoms with Gasteiger partial charge in [0, 0.05) is 10.4 Å². The maximum absolute atomic E-state index is 10.9. The highest BCUT2D eigenvalue weighted by Crippen LogP contribution is 2.40. The summed E-state index contributed by atoms with van der Waals surface area (Å²) in [6.45, 7) is 2.57. The molecule has 0 radical (unpaired) electrons. The molecule has 7 heteroatoms. The Morgan fingerprint density at radius 2 is 2.30 bits per heavy atom. The van der Waals surface area contributed by atoms with Crippen LogP contribution in [0.1, 0.15) is 23.8 Å². The van der Waals surface area contributed by atoms with E-state index in [4.69, 9.17) is 21.4 Å². The molecule has 20 heavy (non-hydrogen) atoms. The van der Waals surface area contributed by atoms with Gasteiger partial charge in [-0.1, -0.05) is 18.5 Å². The van der Waals surface area contributed by atoms with Crippen LogP contribution in [0.15, 0.2) is 22.0 Å². The molecule has 106 valence electrons. The number of ether oxygens (including phenoxy) is 1. The Labute approximate surface area is 133 Å². The number of hydrogen-bond donors (Lipinski definition) is 1. The summed E-state index contributed by atoms with van der Waals surface area (Å²) in [5.74, 6) is -0.424. The van der Waals surface area contributed by atoms with Crippen molar-refractivity contribution < 1.29 is 14.6 Å². The summed E-state index contributed by atoms with van der Waals surface area (Å²) in [7, 11) is 0. The first-order valence-corrected chi connectivity index (χ1v) is 7.89. The van der Waals surface area contributed by atoms with Crippen LogP contribution < -0.4 is 4.74 Å². The number of nitrogens with zero attached hydrogens (tertiary/aromatic N) is 1. The minimum absolute atomic E-state index is 0.0162. The molecule has 0 fully saturated rings. The van der Waals surface area contributed by atoms with Gasteiger partial charge in [0.15, 0.2) is 5.69 Å².